The molecular weight excluding hydrogens is 228 g/mol. The van der Waals surface area contributed by atoms with Crippen LogP contribution in [0.2, 0.25) is 0 Å². The summed E-state index contributed by atoms with van der Waals surface area (Å²) in [5, 5.41) is 3.35. The standard InChI is InChI=1S/C10H16N2OS2/c1-2-3-7-10(13)12-9(11-7)8-6-14-4-5-15-8/h7-8H,2-6H2,1H3,(H,11,12,13). The van der Waals surface area contributed by atoms with Crippen molar-refractivity contribution >= 4 is 35.3 Å². The minimum atomic E-state index is -0.113. The second-order valence-corrected chi connectivity index (χ2v) is 6.20. The van der Waals surface area contributed by atoms with Crippen LogP contribution >= 0.6 is 23.5 Å². The van der Waals surface area contributed by atoms with Crippen LogP contribution in [0.15, 0.2) is 4.99 Å². The average molecular weight is 244 g/mol. The van der Waals surface area contributed by atoms with E-state index in [1.807, 2.05) is 23.5 Å². The van der Waals surface area contributed by atoms with Gasteiger partial charge in [0.05, 0.1) is 5.25 Å². The fourth-order valence-electron chi connectivity index (χ4n) is 1.75. The first-order valence-corrected chi connectivity index (χ1v) is 7.59. The van der Waals surface area contributed by atoms with Gasteiger partial charge in [-0.25, -0.2) is 0 Å². The van der Waals surface area contributed by atoms with E-state index < -0.39 is 0 Å². The van der Waals surface area contributed by atoms with Gasteiger partial charge in [0.1, 0.15) is 11.9 Å². The van der Waals surface area contributed by atoms with Crippen LogP contribution in [-0.2, 0) is 4.79 Å². The summed E-state index contributed by atoms with van der Waals surface area (Å²) in [4.78, 5) is 16.1. The third-order valence-corrected chi connectivity index (χ3v) is 5.30. The predicted octanol–water partition coefficient (Wildman–Crippen LogP) is 1.53. The quantitative estimate of drug-likeness (QED) is 0.818. The summed E-state index contributed by atoms with van der Waals surface area (Å²) in [6.45, 7) is 2.09. The number of amidine groups is 1. The molecule has 0 saturated carbocycles. The van der Waals surface area contributed by atoms with Crippen LogP contribution in [0.1, 0.15) is 19.8 Å². The maximum atomic E-state index is 11.6. The molecule has 3 nitrogen and oxygen atoms in total. The van der Waals surface area contributed by atoms with E-state index in [9.17, 15) is 4.79 Å². The van der Waals surface area contributed by atoms with Crippen molar-refractivity contribution in [3.05, 3.63) is 0 Å². The highest BCUT2D eigenvalue weighted by molar-refractivity contribution is 8.07. The molecule has 0 aliphatic carbocycles. The zero-order valence-corrected chi connectivity index (χ0v) is 10.5. The van der Waals surface area contributed by atoms with Crippen molar-refractivity contribution < 1.29 is 4.79 Å². The van der Waals surface area contributed by atoms with Crippen molar-refractivity contribution in [2.45, 2.75) is 31.1 Å². The molecule has 15 heavy (non-hydrogen) atoms. The predicted molar refractivity (Wildman–Crippen MR) is 67.8 cm³/mol. The highest BCUT2D eigenvalue weighted by Gasteiger charge is 2.30. The van der Waals surface area contributed by atoms with Gasteiger partial charge in [-0.3, -0.25) is 9.79 Å². The lowest BCUT2D eigenvalue weighted by Crippen LogP contribution is -2.36. The minimum absolute atomic E-state index is 0.100. The van der Waals surface area contributed by atoms with Crippen molar-refractivity contribution in [3.8, 4) is 0 Å². The first-order valence-electron chi connectivity index (χ1n) is 5.39. The summed E-state index contributed by atoms with van der Waals surface area (Å²) in [6, 6.07) is -0.113. The van der Waals surface area contributed by atoms with E-state index in [2.05, 4.69) is 17.2 Å². The molecule has 0 aromatic heterocycles. The van der Waals surface area contributed by atoms with E-state index >= 15 is 0 Å². The van der Waals surface area contributed by atoms with E-state index in [-0.39, 0.29) is 11.9 Å². The summed E-state index contributed by atoms with van der Waals surface area (Å²) < 4.78 is 0. The molecule has 1 saturated heterocycles. The fourth-order valence-corrected chi connectivity index (χ4v) is 4.38. The molecule has 1 fully saturated rings. The van der Waals surface area contributed by atoms with Gasteiger partial charge in [0, 0.05) is 17.3 Å². The third kappa shape index (κ3) is 2.69. The summed E-state index contributed by atoms with van der Waals surface area (Å²) in [6.07, 6.45) is 1.89. The largest absolute Gasteiger partial charge is 0.312 e. The number of thioether (sulfide) groups is 2. The van der Waals surface area contributed by atoms with Crippen molar-refractivity contribution in [1.29, 1.82) is 0 Å². The maximum absolute atomic E-state index is 11.6. The number of hydrogen-bond donors (Lipinski definition) is 1. The number of hydrogen-bond acceptors (Lipinski definition) is 4. The SMILES string of the molecule is CCCC1N=C(C2CSCCS2)NC1=O. The molecule has 0 radical (unpaired) electrons. The monoisotopic (exact) mass is 244 g/mol. The van der Waals surface area contributed by atoms with Crippen LogP contribution in [0.3, 0.4) is 0 Å². The molecule has 84 valence electrons. The Kier molecular flexibility index (Phi) is 3.97. The first-order chi connectivity index (χ1) is 7.31. The van der Waals surface area contributed by atoms with Crippen molar-refractivity contribution in [3.63, 3.8) is 0 Å². The Balaban J connectivity index is 1.97. The Hall–Kier alpha value is -0.160. The molecule has 2 aliphatic heterocycles. The summed E-state index contributed by atoms with van der Waals surface area (Å²) in [5.41, 5.74) is 0. The van der Waals surface area contributed by atoms with Gasteiger partial charge in [-0.2, -0.15) is 11.8 Å². The second kappa shape index (κ2) is 5.25. The van der Waals surface area contributed by atoms with Gasteiger partial charge in [0.15, 0.2) is 0 Å². The summed E-state index contributed by atoms with van der Waals surface area (Å²) in [7, 11) is 0. The Bertz CT molecular complexity index is 275. The number of nitrogens with one attached hydrogen (secondary N) is 1. The molecule has 2 atom stereocenters. The van der Waals surface area contributed by atoms with E-state index in [0.717, 1.165) is 24.4 Å². The van der Waals surface area contributed by atoms with E-state index in [1.54, 1.807) is 0 Å². The zero-order chi connectivity index (χ0) is 10.7. The second-order valence-electron chi connectivity index (χ2n) is 3.74. The van der Waals surface area contributed by atoms with Crippen molar-refractivity contribution in [2.24, 2.45) is 4.99 Å². The van der Waals surface area contributed by atoms with Gasteiger partial charge >= 0.3 is 0 Å². The summed E-state index contributed by atoms with van der Waals surface area (Å²) >= 11 is 3.87. The van der Waals surface area contributed by atoms with Gasteiger partial charge in [0.25, 0.3) is 0 Å². The molecule has 1 N–H and O–H groups in total. The highest BCUT2D eigenvalue weighted by atomic mass is 32.2. The van der Waals surface area contributed by atoms with Crippen LogP contribution in [0.5, 0.6) is 0 Å². The lowest BCUT2D eigenvalue weighted by atomic mass is 10.2. The Morgan fingerprint density at radius 2 is 2.40 bits per heavy atom. The molecule has 0 aromatic rings. The van der Waals surface area contributed by atoms with Crippen LogP contribution in [0.4, 0.5) is 0 Å². The topological polar surface area (TPSA) is 41.5 Å². The van der Waals surface area contributed by atoms with Crippen LogP contribution in [0.25, 0.3) is 0 Å². The number of aliphatic imine (C=N–C) groups is 1. The van der Waals surface area contributed by atoms with Gasteiger partial charge in [-0.05, 0) is 6.42 Å². The number of carbonyl (C=O) groups is 1. The van der Waals surface area contributed by atoms with Gasteiger partial charge in [0.2, 0.25) is 5.91 Å². The Morgan fingerprint density at radius 1 is 1.53 bits per heavy atom. The Morgan fingerprint density at radius 3 is 3.07 bits per heavy atom. The van der Waals surface area contributed by atoms with E-state index in [0.29, 0.717) is 5.25 Å². The fraction of sp³-hybridized carbons (Fsp3) is 0.800. The van der Waals surface area contributed by atoms with E-state index in [1.165, 1.54) is 11.5 Å². The number of carbonyl (C=O) groups excluding carboxylic acids is 1. The highest BCUT2D eigenvalue weighted by Crippen LogP contribution is 2.26. The van der Waals surface area contributed by atoms with Gasteiger partial charge in [-0.15, -0.1) is 11.8 Å². The molecule has 0 spiro atoms. The average Bonchev–Trinajstić information content (AvgIpc) is 2.63. The van der Waals surface area contributed by atoms with Crippen molar-refractivity contribution in [2.75, 3.05) is 17.3 Å². The third-order valence-electron chi connectivity index (χ3n) is 2.53. The smallest absolute Gasteiger partial charge is 0.250 e. The number of amides is 1. The molecule has 2 heterocycles. The molecule has 2 rings (SSSR count). The molecule has 2 aliphatic rings. The summed E-state index contributed by atoms with van der Waals surface area (Å²) in [5.74, 6) is 4.50. The lowest BCUT2D eigenvalue weighted by Gasteiger charge is -2.20. The van der Waals surface area contributed by atoms with Crippen LogP contribution < -0.4 is 5.32 Å². The van der Waals surface area contributed by atoms with Crippen LogP contribution in [0, 0.1) is 0 Å². The molecule has 0 bridgehead atoms. The first kappa shape index (κ1) is 11.3. The Labute approximate surface area is 98.9 Å². The molecule has 2 unspecified atom stereocenters. The molecule has 5 heteroatoms. The molecule has 1 amide bonds. The maximum Gasteiger partial charge on any atom is 0.250 e. The van der Waals surface area contributed by atoms with Gasteiger partial charge < -0.3 is 5.32 Å². The van der Waals surface area contributed by atoms with Gasteiger partial charge in [-0.1, -0.05) is 13.3 Å². The molecule has 0 aromatic carbocycles. The van der Waals surface area contributed by atoms with Crippen LogP contribution in [-0.4, -0.2) is 40.3 Å². The normalized spacial score (nSPS) is 31.3. The zero-order valence-electron chi connectivity index (χ0n) is 8.86. The lowest BCUT2D eigenvalue weighted by molar-refractivity contribution is -0.120. The minimum Gasteiger partial charge on any atom is -0.312 e. The molecular formula is C10H16N2OS2. The van der Waals surface area contributed by atoms with E-state index in [4.69, 9.17) is 0 Å². The number of nitrogens with zero attached hydrogens (tertiary/aromatic N) is 1. The number of rotatable bonds is 3. The van der Waals surface area contributed by atoms with Crippen molar-refractivity contribution in [1.82, 2.24) is 5.32 Å².